The van der Waals surface area contributed by atoms with Gasteiger partial charge in [-0.25, -0.2) is 15.0 Å². The molecule has 0 radical (unpaired) electrons. The fourth-order valence-corrected chi connectivity index (χ4v) is 10.4. The third-order valence-electron chi connectivity index (χ3n) is 13.0. The lowest BCUT2D eigenvalue weighted by Crippen LogP contribution is -2.26. The molecule has 0 aliphatic heterocycles. The summed E-state index contributed by atoms with van der Waals surface area (Å²) in [5.74, 6) is 1.81. The number of hydrogen-bond donors (Lipinski definition) is 0. The van der Waals surface area contributed by atoms with Gasteiger partial charge in [-0.05, 0) is 85.0 Å². The Morgan fingerprint density at radius 2 is 0.774 bits per heavy atom. The van der Waals surface area contributed by atoms with Crippen molar-refractivity contribution in [2.75, 3.05) is 0 Å². The Kier molecular flexibility index (Phi) is 7.49. The van der Waals surface area contributed by atoms with Gasteiger partial charge in [-0.1, -0.05) is 194 Å². The van der Waals surface area contributed by atoms with Crippen LogP contribution in [0.25, 0.3) is 101 Å². The molecule has 288 valence electrons. The van der Waals surface area contributed by atoms with E-state index in [1.54, 1.807) is 0 Å². The molecular formula is C58H35N3O. The third kappa shape index (κ3) is 4.98. The van der Waals surface area contributed by atoms with Crippen LogP contribution in [-0.2, 0) is 5.41 Å². The molecule has 2 aromatic heterocycles. The summed E-state index contributed by atoms with van der Waals surface area (Å²) in [7, 11) is 0. The van der Waals surface area contributed by atoms with Gasteiger partial charge in [0.2, 0.25) is 0 Å². The van der Waals surface area contributed by atoms with E-state index in [1.165, 1.54) is 44.5 Å². The van der Waals surface area contributed by atoms with E-state index < -0.39 is 5.41 Å². The Morgan fingerprint density at radius 3 is 1.45 bits per heavy atom. The lowest BCUT2D eigenvalue weighted by atomic mass is 9.69. The van der Waals surface area contributed by atoms with Crippen LogP contribution < -0.4 is 0 Å². The van der Waals surface area contributed by atoms with Crippen molar-refractivity contribution in [1.29, 1.82) is 0 Å². The second kappa shape index (κ2) is 13.4. The number of hydrogen-bond acceptors (Lipinski definition) is 4. The first-order valence-corrected chi connectivity index (χ1v) is 21.1. The second-order valence-corrected chi connectivity index (χ2v) is 16.2. The minimum atomic E-state index is -0.566. The lowest BCUT2D eigenvalue weighted by Gasteiger charge is -2.31. The molecule has 0 fully saturated rings. The van der Waals surface area contributed by atoms with Gasteiger partial charge in [0.15, 0.2) is 17.5 Å². The van der Waals surface area contributed by atoms with Crippen LogP contribution in [0.1, 0.15) is 22.3 Å². The van der Waals surface area contributed by atoms with Gasteiger partial charge in [0.1, 0.15) is 11.2 Å². The van der Waals surface area contributed by atoms with Gasteiger partial charge in [-0.15, -0.1) is 0 Å². The summed E-state index contributed by atoms with van der Waals surface area (Å²) in [5.41, 5.74) is 18.3. The Labute approximate surface area is 358 Å². The van der Waals surface area contributed by atoms with E-state index in [4.69, 9.17) is 19.4 Å². The smallest absolute Gasteiger partial charge is 0.164 e. The number of nitrogens with zero attached hydrogens (tertiary/aromatic N) is 3. The first-order valence-electron chi connectivity index (χ1n) is 21.1. The standard InChI is InChI=1S/C58H35N3O/c1-3-15-36(16-4-1)37-29-31-39(32-30-37)55-59-56(40-33-34-46-52(35-40)62-51-28-14-22-41(53(46)51)38-17-5-2-6-18-38)61-57(60-55)47-24-13-23-45-44-21-9-12-27-50(44)58(54(45)47)48-25-10-7-19-42(48)43-20-8-11-26-49(43)58/h1-35H. The Balaban J connectivity index is 1.05. The summed E-state index contributed by atoms with van der Waals surface area (Å²) >= 11 is 0. The monoisotopic (exact) mass is 789 g/mol. The predicted molar refractivity (Wildman–Crippen MR) is 251 cm³/mol. The number of fused-ring (bicyclic) bond motifs is 13. The molecule has 11 aromatic rings. The summed E-state index contributed by atoms with van der Waals surface area (Å²) in [5, 5.41) is 2.14. The van der Waals surface area contributed by atoms with Crippen LogP contribution in [0.5, 0.6) is 0 Å². The van der Waals surface area contributed by atoms with Crippen molar-refractivity contribution in [3.8, 4) is 78.7 Å². The highest BCUT2D eigenvalue weighted by molar-refractivity contribution is 6.13. The number of furan rings is 1. The number of rotatable bonds is 5. The summed E-state index contributed by atoms with van der Waals surface area (Å²) in [4.78, 5) is 16.1. The summed E-state index contributed by atoms with van der Waals surface area (Å²) < 4.78 is 6.62. The summed E-state index contributed by atoms with van der Waals surface area (Å²) in [6.45, 7) is 0. The average Bonchev–Trinajstić information content (AvgIpc) is 3.98. The van der Waals surface area contributed by atoms with Gasteiger partial charge in [-0.3, -0.25) is 0 Å². The molecule has 0 saturated carbocycles. The average molecular weight is 790 g/mol. The summed E-state index contributed by atoms with van der Waals surface area (Å²) in [6, 6.07) is 75.4. The quantitative estimate of drug-likeness (QED) is 0.174. The highest BCUT2D eigenvalue weighted by Gasteiger charge is 2.52. The fourth-order valence-electron chi connectivity index (χ4n) is 10.4. The molecule has 0 atom stereocenters. The largest absolute Gasteiger partial charge is 0.456 e. The molecule has 0 amide bonds. The highest BCUT2D eigenvalue weighted by atomic mass is 16.3. The Morgan fingerprint density at radius 1 is 0.306 bits per heavy atom. The minimum Gasteiger partial charge on any atom is -0.456 e. The second-order valence-electron chi connectivity index (χ2n) is 16.2. The van der Waals surface area contributed by atoms with Gasteiger partial charge < -0.3 is 4.42 Å². The SMILES string of the molecule is c1ccc(-c2ccc(-c3nc(-c4ccc5c(c4)oc4cccc(-c6ccccc6)c45)nc(-c4cccc5c4C4(c6ccccc6-c6ccccc64)c4ccccc4-5)n3)cc2)cc1. The zero-order valence-corrected chi connectivity index (χ0v) is 33.5. The van der Waals surface area contributed by atoms with Crippen LogP contribution in [0.15, 0.2) is 217 Å². The van der Waals surface area contributed by atoms with Crippen LogP contribution >= 0.6 is 0 Å². The van der Waals surface area contributed by atoms with Crippen molar-refractivity contribution in [2.45, 2.75) is 5.41 Å². The van der Waals surface area contributed by atoms with E-state index in [0.29, 0.717) is 17.5 Å². The van der Waals surface area contributed by atoms with Crippen LogP contribution in [0, 0.1) is 0 Å². The molecule has 0 saturated heterocycles. The Bertz CT molecular complexity index is 3510. The van der Waals surface area contributed by atoms with Crippen molar-refractivity contribution in [3.63, 3.8) is 0 Å². The minimum absolute atomic E-state index is 0.566. The van der Waals surface area contributed by atoms with E-state index in [0.717, 1.165) is 60.9 Å². The van der Waals surface area contributed by atoms with Crippen molar-refractivity contribution in [1.82, 2.24) is 15.0 Å². The van der Waals surface area contributed by atoms with Crippen LogP contribution in [0.2, 0.25) is 0 Å². The molecule has 0 bridgehead atoms. The van der Waals surface area contributed by atoms with E-state index >= 15 is 0 Å². The van der Waals surface area contributed by atoms with E-state index in [1.807, 2.05) is 18.2 Å². The maximum absolute atomic E-state index is 6.62. The zero-order valence-electron chi connectivity index (χ0n) is 33.5. The first kappa shape index (κ1) is 34.6. The molecule has 9 aromatic carbocycles. The zero-order chi connectivity index (χ0) is 40.8. The van der Waals surface area contributed by atoms with Crippen molar-refractivity contribution in [3.05, 3.63) is 235 Å². The number of benzene rings is 9. The maximum Gasteiger partial charge on any atom is 0.164 e. The van der Waals surface area contributed by atoms with Gasteiger partial charge in [0.05, 0.1) is 5.41 Å². The first-order chi connectivity index (χ1) is 30.7. The molecule has 2 aliphatic carbocycles. The van der Waals surface area contributed by atoms with E-state index in [9.17, 15) is 0 Å². The van der Waals surface area contributed by atoms with Crippen molar-refractivity contribution < 1.29 is 4.42 Å². The molecule has 13 rings (SSSR count). The van der Waals surface area contributed by atoms with Gasteiger partial charge in [0, 0.05) is 27.5 Å². The highest BCUT2D eigenvalue weighted by Crippen LogP contribution is 2.64. The lowest BCUT2D eigenvalue weighted by molar-refractivity contribution is 0.669. The maximum atomic E-state index is 6.62. The normalized spacial score (nSPS) is 13.0. The van der Waals surface area contributed by atoms with Crippen LogP contribution in [0.4, 0.5) is 0 Å². The molecule has 4 nitrogen and oxygen atoms in total. The van der Waals surface area contributed by atoms with Gasteiger partial charge in [-0.2, -0.15) is 0 Å². The molecule has 0 N–H and O–H groups in total. The fraction of sp³-hybridized carbons (Fsp3) is 0.0172. The molecule has 62 heavy (non-hydrogen) atoms. The third-order valence-corrected chi connectivity index (χ3v) is 13.0. The van der Waals surface area contributed by atoms with Crippen LogP contribution in [-0.4, -0.2) is 15.0 Å². The topological polar surface area (TPSA) is 51.8 Å². The molecule has 4 heteroatoms. The number of aromatic nitrogens is 3. The molecule has 1 spiro atoms. The van der Waals surface area contributed by atoms with Gasteiger partial charge >= 0.3 is 0 Å². The predicted octanol–water partition coefficient (Wildman–Crippen LogP) is 14.4. The molecule has 2 aliphatic rings. The Hall–Kier alpha value is -8.21. The van der Waals surface area contributed by atoms with E-state index in [-0.39, 0.29) is 0 Å². The molecule has 0 unspecified atom stereocenters. The van der Waals surface area contributed by atoms with Gasteiger partial charge in [0.25, 0.3) is 0 Å². The molecule has 2 heterocycles. The van der Waals surface area contributed by atoms with Crippen molar-refractivity contribution >= 4 is 21.9 Å². The summed E-state index contributed by atoms with van der Waals surface area (Å²) in [6.07, 6.45) is 0. The van der Waals surface area contributed by atoms with E-state index in [2.05, 4.69) is 194 Å². The van der Waals surface area contributed by atoms with Crippen molar-refractivity contribution in [2.24, 2.45) is 0 Å². The van der Waals surface area contributed by atoms with Crippen LogP contribution in [0.3, 0.4) is 0 Å². The molecular weight excluding hydrogens is 755 g/mol.